The van der Waals surface area contributed by atoms with Crippen LogP contribution in [0.15, 0.2) is 23.8 Å². The molecule has 2 fully saturated rings. The topological polar surface area (TPSA) is 40.5 Å². The molecule has 134 valence electrons. The van der Waals surface area contributed by atoms with Gasteiger partial charge in [0.2, 0.25) is 0 Å². The van der Waals surface area contributed by atoms with Crippen molar-refractivity contribution in [1.82, 2.24) is 0 Å². The van der Waals surface area contributed by atoms with Crippen LogP contribution < -0.4 is 0 Å². The first kappa shape index (κ1) is 16.8. The Morgan fingerprint density at radius 3 is 2.92 bits per heavy atom. The van der Waals surface area contributed by atoms with Gasteiger partial charge in [-0.1, -0.05) is 37.6 Å². The van der Waals surface area contributed by atoms with E-state index in [1.165, 1.54) is 44.1 Å². The number of hydrogen-bond donors (Lipinski definition) is 2. The van der Waals surface area contributed by atoms with Gasteiger partial charge in [-0.15, -0.1) is 0 Å². The molecule has 4 rings (SSSR count). The summed E-state index contributed by atoms with van der Waals surface area (Å²) in [4.78, 5) is 0. The van der Waals surface area contributed by atoms with Crippen LogP contribution in [0.25, 0.3) is 0 Å². The lowest BCUT2D eigenvalue weighted by molar-refractivity contribution is -0.152. The van der Waals surface area contributed by atoms with Gasteiger partial charge in [0.05, 0.1) is 5.60 Å². The summed E-state index contributed by atoms with van der Waals surface area (Å²) >= 11 is 0. The molecule has 24 heavy (non-hydrogen) atoms. The maximum absolute atomic E-state index is 11.9. The van der Waals surface area contributed by atoms with Crippen molar-refractivity contribution < 1.29 is 10.2 Å². The molecule has 0 saturated heterocycles. The second-order valence-corrected chi connectivity index (χ2v) is 9.56. The van der Waals surface area contributed by atoms with Gasteiger partial charge >= 0.3 is 0 Å². The van der Waals surface area contributed by atoms with E-state index in [0.717, 1.165) is 18.8 Å². The third kappa shape index (κ3) is 2.44. The van der Waals surface area contributed by atoms with Crippen LogP contribution in [0, 0.1) is 35.0 Å². The summed E-state index contributed by atoms with van der Waals surface area (Å²) in [7, 11) is 0. The van der Waals surface area contributed by atoms with Gasteiger partial charge < -0.3 is 10.2 Å². The Labute approximate surface area is 147 Å². The van der Waals surface area contributed by atoms with Crippen LogP contribution in [0.5, 0.6) is 0 Å². The van der Waals surface area contributed by atoms with Crippen LogP contribution in [0.3, 0.4) is 0 Å². The van der Waals surface area contributed by atoms with Gasteiger partial charge in [-0.3, -0.25) is 0 Å². The average Bonchev–Trinajstić information content (AvgIpc) is 2.93. The number of hydrogen-bond acceptors (Lipinski definition) is 2. The predicted molar refractivity (Wildman–Crippen MR) is 97.4 cm³/mol. The molecule has 2 saturated carbocycles. The lowest BCUT2D eigenvalue weighted by Gasteiger charge is -2.55. The van der Waals surface area contributed by atoms with Crippen LogP contribution in [0.4, 0.5) is 0 Å². The average molecular weight is 331 g/mol. The van der Waals surface area contributed by atoms with Crippen molar-refractivity contribution in [2.24, 2.45) is 35.0 Å². The van der Waals surface area contributed by atoms with E-state index in [1.807, 2.05) is 0 Å². The van der Waals surface area contributed by atoms with Crippen LogP contribution in [-0.4, -0.2) is 22.4 Å². The number of rotatable bonds is 2. The maximum atomic E-state index is 11.9. The molecular formula is C22H34O2. The first-order valence-electron chi connectivity index (χ1n) is 10.2. The SMILES string of the molecule is CC(CO)C1CCC2C1(C)CC[C@H]1CC3CC=C/C(=C/CC21O)C3. The summed E-state index contributed by atoms with van der Waals surface area (Å²) in [5.41, 5.74) is 1.13. The fourth-order valence-corrected chi connectivity index (χ4v) is 7.08. The molecule has 0 amide bonds. The third-order valence-corrected chi connectivity index (χ3v) is 8.36. The highest BCUT2D eigenvalue weighted by Crippen LogP contribution is 2.64. The molecule has 2 bridgehead atoms. The van der Waals surface area contributed by atoms with Crippen LogP contribution in [-0.2, 0) is 0 Å². The van der Waals surface area contributed by atoms with Crippen molar-refractivity contribution in [2.75, 3.05) is 6.61 Å². The maximum Gasteiger partial charge on any atom is 0.0743 e. The van der Waals surface area contributed by atoms with E-state index in [0.29, 0.717) is 23.7 Å². The summed E-state index contributed by atoms with van der Waals surface area (Å²) in [6, 6.07) is 0. The summed E-state index contributed by atoms with van der Waals surface area (Å²) < 4.78 is 0. The van der Waals surface area contributed by atoms with E-state index in [-0.39, 0.29) is 12.0 Å². The molecule has 0 aromatic carbocycles. The van der Waals surface area contributed by atoms with Crippen LogP contribution >= 0.6 is 0 Å². The smallest absolute Gasteiger partial charge is 0.0743 e. The minimum Gasteiger partial charge on any atom is -0.396 e. The molecule has 4 aliphatic rings. The van der Waals surface area contributed by atoms with E-state index in [4.69, 9.17) is 0 Å². The van der Waals surface area contributed by atoms with E-state index in [1.54, 1.807) is 0 Å². The molecule has 0 aliphatic heterocycles. The summed E-state index contributed by atoms with van der Waals surface area (Å²) in [6.45, 7) is 4.90. The molecule has 2 nitrogen and oxygen atoms in total. The Bertz CT molecular complexity index is 550. The fourth-order valence-electron chi connectivity index (χ4n) is 7.08. The van der Waals surface area contributed by atoms with Crippen molar-refractivity contribution in [3.05, 3.63) is 23.8 Å². The minimum atomic E-state index is -0.522. The van der Waals surface area contributed by atoms with Crippen molar-refractivity contribution in [3.8, 4) is 0 Å². The fraction of sp³-hybridized carbons (Fsp3) is 0.818. The van der Waals surface area contributed by atoms with Crippen molar-refractivity contribution >= 4 is 0 Å². The van der Waals surface area contributed by atoms with Gasteiger partial charge in [0, 0.05) is 6.61 Å². The minimum absolute atomic E-state index is 0.204. The van der Waals surface area contributed by atoms with Gasteiger partial charge in [0.1, 0.15) is 0 Å². The molecule has 4 aliphatic carbocycles. The lowest BCUT2D eigenvalue weighted by Crippen LogP contribution is -2.56. The summed E-state index contributed by atoms with van der Waals surface area (Å²) in [6.07, 6.45) is 16.1. The molecule has 6 unspecified atom stereocenters. The number of fused-ring (bicyclic) bond motifs is 5. The molecular weight excluding hydrogens is 296 g/mol. The Morgan fingerprint density at radius 2 is 2.12 bits per heavy atom. The monoisotopic (exact) mass is 330 g/mol. The highest BCUT2D eigenvalue weighted by Gasteiger charge is 2.60. The van der Waals surface area contributed by atoms with E-state index in [9.17, 15) is 10.2 Å². The largest absolute Gasteiger partial charge is 0.396 e. The van der Waals surface area contributed by atoms with Crippen molar-refractivity contribution in [1.29, 1.82) is 0 Å². The summed E-state index contributed by atoms with van der Waals surface area (Å²) in [5.74, 6) is 2.52. The van der Waals surface area contributed by atoms with E-state index >= 15 is 0 Å². The van der Waals surface area contributed by atoms with Crippen molar-refractivity contribution in [2.45, 2.75) is 70.8 Å². The Hall–Kier alpha value is -0.600. The highest BCUT2D eigenvalue weighted by molar-refractivity contribution is 5.26. The number of aliphatic hydroxyl groups is 2. The first-order chi connectivity index (χ1) is 11.5. The molecule has 0 spiro atoms. The standard InChI is InChI=1S/C22H34O2/c1-15(14-23)19-6-7-20-21(19,2)10-9-18-13-17-5-3-4-16(12-17)8-11-22(18,20)24/h3-4,8,15,17-20,23-24H,5-7,9-14H2,1-2H3/b16-8-/t15?,17?,18-,19?,20?,21?,22?/m0/s1. The molecule has 7 atom stereocenters. The zero-order chi connectivity index (χ0) is 16.9. The highest BCUT2D eigenvalue weighted by atomic mass is 16.3. The molecule has 2 heteroatoms. The predicted octanol–water partition coefficient (Wildman–Crippen LogP) is 4.47. The first-order valence-corrected chi connectivity index (χ1v) is 10.2. The van der Waals surface area contributed by atoms with Gasteiger partial charge in [-0.05, 0) is 86.4 Å². The van der Waals surface area contributed by atoms with Gasteiger partial charge in [0.15, 0.2) is 0 Å². The third-order valence-electron chi connectivity index (χ3n) is 8.36. The molecule has 0 aromatic heterocycles. The quantitative estimate of drug-likeness (QED) is 0.784. The van der Waals surface area contributed by atoms with Gasteiger partial charge in [-0.25, -0.2) is 0 Å². The van der Waals surface area contributed by atoms with Crippen molar-refractivity contribution in [3.63, 3.8) is 0 Å². The molecule has 0 radical (unpaired) electrons. The van der Waals surface area contributed by atoms with E-state index in [2.05, 4.69) is 32.1 Å². The van der Waals surface area contributed by atoms with Gasteiger partial charge in [-0.2, -0.15) is 0 Å². The second-order valence-electron chi connectivity index (χ2n) is 9.56. The van der Waals surface area contributed by atoms with Gasteiger partial charge in [0.25, 0.3) is 0 Å². The Balaban J connectivity index is 1.67. The summed E-state index contributed by atoms with van der Waals surface area (Å²) in [5, 5.41) is 21.6. The zero-order valence-corrected chi connectivity index (χ0v) is 15.4. The number of allylic oxidation sites excluding steroid dienone is 3. The molecule has 0 aromatic rings. The number of aliphatic hydroxyl groups excluding tert-OH is 1. The normalized spacial score (nSPS) is 50.9. The molecule has 2 N–H and O–H groups in total. The zero-order valence-electron chi connectivity index (χ0n) is 15.4. The second kappa shape index (κ2) is 5.99. The van der Waals surface area contributed by atoms with Crippen LogP contribution in [0.2, 0.25) is 0 Å². The Morgan fingerprint density at radius 1 is 1.29 bits per heavy atom. The van der Waals surface area contributed by atoms with Crippen LogP contribution in [0.1, 0.15) is 65.2 Å². The Kier molecular flexibility index (Phi) is 4.20. The van der Waals surface area contributed by atoms with E-state index < -0.39 is 5.60 Å². The molecule has 0 heterocycles. The lowest BCUT2D eigenvalue weighted by atomic mass is 9.52.